The molecule has 2 N–H and O–H groups in total. The summed E-state index contributed by atoms with van der Waals surface area (Å²) in [4.78, 5) is 12.2. The van der Waals surface area contributed by atoms with E-state index in [9.17, 15) is 15.0 Å². The van der Waals surface area contributed by atoms with E-state index in [2.05, 4.69) is 6.92 Å². The Labute approximate surface area is 154 Å². The van der Waals surface area contributed by atoms with Crippen molar-refractivity contribution in [3.8, 4) is 0 Å². The number of hydrogen-bond acceptors (Lipinski definition) is 3. The van der Waals surface area contributed by atoms with Gasteiger partial charge in [-0.25, -0.2) is 8.78 Å². The summed E-state index contributed by atoms with van der Waals surface area (Å²) in [7, 11) is 0. The van der Waals surface area contributed by atoms with Crippen LogP contribution in [0.15, 0.2) is 0 Å². The first-order valence-electron chi connectivity index (χ1n) is 10.3. The summed E-state index contributed by atoms with van der Waals surface area (Å²) in [5.74, 6) is -3.26. The Balaban J connectivity index is 1.63. The zero-order chi connectivity index (χ0) is 18.9. The average molecular weight is 370 g/mol. The summed E-state index contributed by atoms with van der Waals surface area (Å²) in [6.45, 7) is 3.37. The number of ketones is 1. The highest BCUT2D eigenvalue weighted by Crippen LogP contribution is 2.66. The van der Waals surface area contributed by atoms with Crippen molar-refractivity contribution in [3.05, 3.63) is 0 Å². The van der Waals surface area contributed by atoms with Gasteiger partial charge in [-0.1, -0.05) is 6.92 Å². The van der Waals surface area contributed by atoms with Crippen LogP contribution in [-0.2, 0) is 4.79 Å². The van der Waals surface area contributed by atoms with Gasteiger partial charge < -0.3 is 10.2 Å². The second kappa shape index (κ2) is 5.97. The maximum absolute atomic E-state index is 15.1. The molecule has 0 aromatic carbocycles. The van der Waals surface area contributed by atoms with E-state index in [1.54, 1.807) is 6.92 Å². The Hall–Kier alpha value is -0.550. The molecule has 4 saturated carbocycles. The van der Waals surface area contributed by atoms with Crippen LogP contribution in [0.5, 0.6) is 0 Å². The fourth-order valence-electron chi connectivity index (χ4n) is 7.63. The fourth-order valence-corrected chi connectivity index (χ4v) is 7.63. The van der Waals surface area contributed by atoms with Gasteiger partial charge in [0, 0.05) is 18.3 Å². The molecule has 0 amide bonds. The first-order chi connectivity index (χ1) is 12.1. The number of carbonyl (C=O) groups excluding carboxylic acids is 1. The van der Waals surface area contributed by atoms with Gasteiger partial charge in [0.15, 0.2) is 5.78 Å². The maximum Gasteiger partial charge on any atom is 0.251 e. The van der Waals surface area contributed by atoms with Gasteiger partial charge in [0.05, 0.1) is 5.60 Å². The first kappa shape index (κ1) is 18.8. The van der Waals surface area contributed by atoms with Crippen LogP contribution < -0.4 is 0 Å². The molecule has 0 radical (unpaired) electrons. The Morgan fingerprint density at radius 3 is 2.35 bits per heavy atom. The fraction of sp³-hybridized carbons (Fsp3) is 0.952. The molecule has 148 valence electrons. The average Bonchev–Trinajstić information content (AvgIpc) is 2.91. The van der Waals surface area contributed by atoms with Crippen molar-refractivity contribution in [2.75, 3.05) is 6.61 Å². The Kier molecular flexibility index (Phi) is 4.32. The summed E-state index contributed by atoms with van der Waals surface area (Å²) < 4.78 is 30.3. The summed E-state index contributed by atoms with van der Waals surface area (Å²) in [5.41, 5.74) is -1.20. The van der Waals surface area contributed by atoms with Gasteiger partial charge in [0.1, 0.15) is 6.61 Å². The summed E-state index contributed by atoms with van der Waals surface area (Å²) >= 11 is 0. The van der Waals surface area contributed by atoms with E-state index in [0.717, 1.165) is 25.7 Å². The van der Waals surface area contributed by atoms with E-state index in [4.69, 9.17) is 0 Å². The lowest BCUT2D eigenvalue weighted by molar-refractivity contribution is -0.210. The van der Waals surface area contributed by atoms with Crippen LogP contribution in [0.3, 0.4) is 0 Å². The maximum atomic E-state index is 15.1. The molecule has 0 saturated heterocycles. The second-order valence-electron chi connectivity index (χ2n) is 10.2. The number of aliphatic hydroxyl groups is 2. The van der Waals surface area contributed by atoms with Crippen molar-refractivity contribution in [1.82, 2.24) is 0 Å². The van der Waals surface area contributed by atoms with Crippen LogP contribution in [0.2, 0.25) is 0 Å². The Morgan fingerprint density at radius 2 is 1.65 bits per heavy atom. The van der Waals surface area contributed by atoms with Gasteiger partial charge in [0.2, 0.25) is 0 Å². The number of fused-ring (bicyclic) bond motifs is 5. The highest BCUT2D eigenvalue weighted by atomic mass is 19.3. The molecule has 8 atom stereocenters. The number of hydrogen-bond donors (Lipinski definition) is 2. The van der Waals surface area contributed by atoms with E-state index in [1.165, 1.54) is 0 Å². The molecule has 4 aliphatic rings. The lowest BCUT2D eigenvalue weighted by Gasteiger charge is -2.58. The third-order valence-corrected chi connectivity index (χ3v) is 8.83. The summed E-state index contributed by atoms with van der Waals surface area (Å²) in [6, 6.07) is 0. The number of carbonyl (C=O) groups is 1. The highest BCUT2D eigenvalue weighted by molar-refractivity contribution is 5.83. The third-order valence-electron chi connectivity index (χ3n) is 8.83. The normalized spacial score (nSPS) is 52.7. The van der Waals surface area contributed by atoms with Crippen LogP contribution in [-0.4, -0.2) is 34.1 Å². The molecule has 0 heterocycles. The van der Waals surface area contributed by atoms with Gasteiger partial charge >= 0.3 is 0 Å². The van der Waals surface area contributed by atoms with E-state index < -0.39 is 24.0 Å². The minimum absolute atomic E-state index is 0.00104. The van der Waals surface area contributed by atoms with Crippen molar-refractivity contribution in [2.45, 2.75) is 76.7 Å². The van der Waals surface area contributed by atoms with Gasteiger partial charge in [-0.05, 0) is 81.0 Å². The monoisotopic (exact) mass is 370 g/mol. The minimum Gasteiger partial charge on any atom is -0.390 e. The zero-order valence-corrected chi connectivity index (χ0v) is 15.9. The predicted molar refractivity (Wildman–Crippen MR) is 93.6 cm³/mol. The van der Waals surface area contributed by atoms with E-state index in [1.807, 2.05) is 0 Å². The van der Waals surface area contributed by atoms with Crippen LogP contribution in [0.25, 0.3) is 0 Å². The first-order valence-corrected chi connectivity index (χ1v) is 10.3. The highest BCUT2D eigenvalue weighted by Gasteiger charge is 2.64. The molecule has 0 spiro atoms. The van der Waals surface area contributed by atoms with Crippen LogP contribution >= 0.6 is 0 Å². The largest absolute Gasteiger partial charge is 0.390 e. The molecular weight excluding hydrogens is 338 g/mol. The molecule has 0 aromatic rings. The van der Waals surface area contributed by atoms with Crippen molar-refractivity contribution >= 4 is 5.78 Å². The standard InChI is InChI=1S/C21H32F2O3/c1-19(26)7-5-13-12-6-8-20(2)15(3-4-16(20)18(25)11-24)14(12)9-21(22,23)17(13)10-19/h12-17,24,26H,3-11H2,1-2H3/t12-,13-,14-,15+,16-,17-,19+,20+/m1/s1. The summed E-state index contributed by atoms with van der Waals surface area (Å²) in [6.07, 6.45) is 4.80. The molecule has 0 aliphatic heterocycles. The van der Waals surface area contributed by atoms with Gasteiger partial charge in [0.25, 0.3) is 5.92 Å². The van der Waals surface area contributed by atoms with E-state index in [0.29, 0.717) is 18.8 Å². The molecule has 4 rings (SSSR count). The topological polar surface area (TPSA) is 57.5 Å². The SMILES string of the molecule is C[C@]1(O)CC[C@@H]2[C@H]3CC[C@]4(C)[C@@H](C(=O)CO)CC[C@H]4[C@@H]3CC(F)(F)[C@@H]2C1. The molecule has 4 fully saturated rings. The molecule has 3 nitrogen and oxygen atoms in total. The van der Waals surface area contributed by atoms with Crippen LogP contribution in [0, 0.1) is 40.9 Å². The zero-order valence-electron chi connectivity index (χ0n) is 15.9. The molecule has 4 aliphatic carbocycles. The van der Waals surface area contributed by atoms with Gasteiger partial charge in [-0.15, -0.1) is 0 Å². The van der Waals surface area contributed by atoms with Crippen molar-refractivity contribution in [3.63, 3.8) is 0 Å². The number of aliphatic hydroxyl groups excluding tert-OH is 1. The minimum atomic E-state index is -2.73. The van der Waals surface area contributed by atoms with E-state index >= 15 is 8.78 Å². The second-order valence-corrected chi connectivity index (χ2v) is 10.2. The quantitative estimate of drug-likeness (QED) is 0.777. The lowest BCUT2D eigenvalue weighted by Crippen LogP contribution is -2.57. The smallest absolute Gasteiger partial charge is 0.251 e. The van der Waals surface area contributed by atoms with Crippen molar-refractivity contribution in [2.24, 2.45) is 40.9 Å². The molecule has 0 aromatic heterocycles. The third kappa shape index (κ3) is 2.68. The molecule has 5 heteroatoms. The van der Waals surface area contributed by atoms with Crippen molar-refractivity contribution < 1.29 is 23.8 Å². The molecule has 0 unspecified atom stereocenters. The molecule has 0 bridgehead atoms. The Morgan fingerprint density at radius 1 is 0.962 bits per heavy atom. The number of rotatable bonds is 2. The van der Waals surface area contributed by atoms with Crippen molar-refractivity contribution in [1.29, 1.82) is 0 Å². The number of halogens is 2. The van der Waals surface area contributed by atoms with Crippen LogP contribution in [0.1, 0.15) is 65.2 Å². The van der Waals surface area contributed by atoms with Gasteiger partial charge in [-0.2, -0.15) is 0 Å². The molecular formula is C21H32F2O3. The van der Waals surface area contributed by atoms with Gasteiger partial charge in [-0.3, -0.25) is 4.79 Å². The number of Topliss-reactive ketones (excluding diaryl/α,β-unsaturated/α-hetero) is 1. The van der Waals surface area contributed by atoms with Crippen LogP contribution in [0.4, 0.5) is 8.78 Å². The lowest BCUT2D eigenvalue weighted by atomic mass is 9.48. The summed E-state index contributed by atoms with van der Waals surface area (Å²) in [5, 5.41) is 19.7. The van der Waals surface area contributed by atoms with E-state index in [-0.39, 0.29) is 47.7 Å². The molecule has 26 heavy (non-hydrogen) atoms. The number of alkyl halides is 2. The predicted octanol–water partition coefficient (Wildman–Crippen LogP) is 3.81. The Bertz CT molecular complexity index is 590.